The highest BCUT2D eigenvalue weighted by Gasteiger charge is 2.13. The molecule has 0 spiro atoms. The Labute approximate surface area is 136 Å². The zero-order chi connectivity index (χ0) is 14.0. The summed E-state index contributed by atoms with van der Waals surface area (Å²) in [7, 11) is 0. The van der Waals surface area contributed by atoms with Gasteiger partial charge in [-0.3, -0.25) is 0 Å². The summed E-state index contributed by atoms with van der Waals surface area (Å²) in [4.78, 5) is 0. The maximum atomic E-state index is 10.4. The van der Waals surface area contributed by atoms with Crippen LogP contribution in [0.1, 0.15) is 22.8 Å². The number of aliphatic hydroxyl groups excluding tert-OH is 1. The fourth-order valence-corrected chi connectivity index (χ4v) is 2.97. The third kappa shape index (κ3) is 3.63. The number of rotatable bonds is 3. The molecule has 1 N–H and O–H groups in total. The normalized spacial score (nSPS) is 12.5. The standard InChI is InChI=1S/C15H13Cl2IO/c1-9-3-2-4-11(15(9)18)14(19)8-10-5-6-12(16)13(17)7-10/h2-7,14,19H,8H2,1H3. The van der Waals surface area contributed by atoms with E-state index in [1.54, 1.807) is 12.1 Å². The van der Waals surface area contributed by atoms with Crippen molar-refractivity contribution in [2.24, 2.45) is 0 Å². The second-order valence-electron chi connectivity index (χ2n) is 4.45. The Morgan fingerprint density at radius 3 is 2.58 bits per heavy atom. The molecule has 0 aliphatic carbocycles. The largest absolute Gasteiger partial charge is 0.388 e. The van der Waals surface area contributed by atoms with Crippen LogP contribution in [0.3, 0.4) is 0 Å². The van der Waals surface area contributed by atoms with Crippen LogP contribution in [-0.2, 0) is 6.42 Å². The first kappa shape index (κ1) is 15.1. The van der Waals surface area contributed by atoms with Crippen molar-refractivity contribution in [3.05, 3.63) is 66.7 Å². The molecule has 0 saturated carbocycles. The second-order valence-corrected chi connectivity index (χ2v) is 6.34. The number of hydrogen-bond donors (Lipinski definition) is 1. The first-order valence-corrected chi connectivity index (χ1v) is 7.69. The highest BCUT2D eigenvalue weighted by Crippen LogP contribution is 2.28. The van der Waals surface area contributed by atoms with Gasteiger partial charge in [0.05, 0.1) is 16.1 Å². The lowest BCUT2D eigenvalue weighted by molar-refractivity contribution is 0.177. The van der Waals surface area contributed by atoms with Gasteiger partial charge in [-0.05, 0) is 58.3 Å². The minimum Gasteiger partial charge on any atom is -0.388 e. The van der Waals surface area contributed by atoms with Crippen molar-refractivity contribution in [2.75, 3.05) is 0 Å². The van der Waals surface area contributed by atoms with E-state index in [-0.39, 0.29) is 0 Å². The number of hydrogen-bond acceptors (Lipinski definition) is 1. The first-order valence-electron chi connectivity index (χ1n) is 5.86. The summed E-state index contributed by atoms with van der Waals surface area (Å²) in [6, 6.07) is 11.4. The molecular weight excluding hydrogens is 394 g/mol. The second kappa shape index (κ2) is 6.44. The molecular formula is C15H13Cl2IO. The molecule has 1 unspecified atom stereocenters. The molecule has 2 rings (SSSR count). The van der Waals surface area contributed by atoms with Crippen LogP contribution in [0.25, 0.3) is 0 Å². The lowest BCUT2D eigenvalue weighted by Crippen LogP contribution is -2.05. The van der Waals surface area contributed by atoms with Crippen molar-refractivity contribution in [1.82, 2.24) is 0 Å². The summed E-state index contributed by atoms with van der Waals surface area (Å²) in [5.41, 5.74) is 3.09. The Bertz CT molecular complexity index is 599. The Kier molecular flexibility index (Phi) is 5.12. The summed E-state index contributed by atoms with van der Waals surface area (Å²) in [5.74, 6) is 0. The highest BCUT2D eigenvalue weighted by atomic mass is 127. The van der Waals surface area contributed by atoms with Gasteiger partial charge in [-0.25, -0.2) is 0 Å². The van der Waals surface area contributed by atoms with E-state index in [4.69, 9.17) is 23.2 Å². The number of halogens is 3. The average Bonchev–Trinajstić information content (AvgIpc) is 2.37. The van der Waals surface area contributed by atoms with Crippen LogP contribution in [0, 0.1) is 10.5 Å². The van der Waals surface area contributed by atoms with Crippen LogP contribution >= 0.6 is 45.8 Å². The molecule has 2 aromatic carbocycles. The van der Waals surface area contributed by atoms with E-state index in [1.165, 1.54) is 5.56 Å². The lowest BCUT2D eigenvalue weighted by atomic mass is 10.00. The van der Waals surface area contributed by atoms with E-state index < -0.39 is 6.10 Å². The van der Waals surface area contributed by atoms with Gasteiger partial charge in [-0.2, -0.15) is 0 Å². The fraction of sp³-hybridized carbons (Fsp3) is 0.200. The number of benzene rings is 2. The van der Waals surface area contributed by atoms with Crippen LogP contribution in [0.5, 0.6) is 0 Å². The van der Waals surface area contributed by atoms with Gasteiger partial charge >= 0.3 is 0 Å². The molecule has 1 nitrogen and oxygen atoms in total. The molecule has 0 heterocycles. The summed E-state index contributed by atoms with van der Waals surface area (Å²) >= 11 is 14.1. The summed E-state index contributed by atoms with van der Waals surface area (Å²) in [6.45, 7) is 2.04. The van der Waals surface area contributed by atoms with Crippen LogP contribution in [0.2, 0.25) is 10.0 Å². The third-order valence-corrected chi connectivity index (χ3v) is 5.21. The molecule has 0 aromatic heterocycles. The molecule has 0 aliphatic heterocycles. The number of aliphatic hydroxyl groups is 1. The Hall–Kier alpha value is -0.290. The van der Waals surface area contributed by atoms with Gasteiger partial charge in [0.15, 0.2) is 0 Å². The zero-order valence-electron chi connectivity index (χ0n) is 10.3. The van der Waals surface area contributed by atoms with Gasteiger partial charge < -0.3 is 5.11 Å². The van der Waals surface area contributed by atoms with Gasteiger partial charge in [-0.1, -0.05) is 47.5 Å². The lowest BCUT2D eigenvalue weighted by Gasteiger charge is -2.14. The SMILES string of the molecule is Cc1cccc(C(O)Cc2ccc(Cl)c(Cl)c2)c1I. The third-order valence-electron chi connectivity index (χ3n) is 2.99. The topological polar surface area (TPSA) is 20.2 Å². The molecule has 0 aliphatic rings. The fourth-order valence-electron chi connectivity index (χ4n) is 1.93. The van der Waals surface area contributed by atoms with Gasteiger partial charge in [0.2, 0.25) is 0 Å². The number of aryl methyl sites for hydroxylation is 1. The molecule has 19 heavy (non-hydrogen) atoms. The van der Waals surface area contributed by atoms with Gasteiger partial charge in [0.25, 0.3) is 0 Å². The minimum atomic E-state index is -0.538. The Morgan fingerprint density at radius 2 is 1.89 bits per heavy atom. The molecule has 0 fully saturated rings. The Morgan fingerprint density at radius 1 is 1.16 bits per heavy atom. The van der Waals surface area contributed by atoms with E-state index in [0.717, 1.165) is 14.7 Å². The van der Waals surface area contributed by atoms with Crippen molar-refractivity contribution in [3.8, 4) is 0 Å². The van der Waals surface area contributed by atoms with Gasteiger partial charge in [0.1, 0.15) is 0 Å². The van der Waals surface area contributed by atoms with Crippen LogP contribution in [-0.4, -0.2) is 5.11 Å². The van der Waals surface area contributed by atoms with Crippen molar-refractivity contribution >= 4 is 45.8 Å². The molecule has 0 saturated heterocycles. The molecule has 100 valence electrons. The van der Waals surface area contributed by atoms with Crippen molar-refractivity contribution < 1.29 is 5.11 Å². The minimum absolute atomic E-state index is 0.519. The van der Waals surface area contributed by atoms with E-state index in [0.29, 0.717) is 16.5 Å². The maximum Gasteiger partial charge on any atom is 0.0840 e. The van der Waals surface area contributed by atoms with Crippen LogP contribution in [0.15, 0.2) is 36.4 Å². The summed E-state index contributed by atoms with van der Waals surface area (Å²) in [5, 5.41) is 11.4. The van der Waals surface area contributed by atoms with Crippen molar-refractivity contribution in [1.29, 1.82) is 0 Å². The quantitative estimate of drug-likeness (QED) is 0.696. The monoisotopic (exact) mass is 406 g/mol. The molecule has 0 radical (unpaired) electrons. The van der Waals surface area contributed by atoms with E-state index in [1.807, 2.05) is 31.2 Å². The predicted molar refractivity (Wildman–Crippen MR) is 89.0 cm³/mol. The van der Waals surface area contributed by atoms with Gasteiger partial charge in [0, 0.05) is 9.99 Å². The van der Waals surface area contributed by atoms with E-state index in [2.05, 4.69) is 22.6 Å². The molecule has 4 heteroatoms. The van der Waals surface area contributed by atoms with Crippen LogP contribution in [0.4, 0.5) is 0 Å². The highest BCUT2D eigenvalue weighted by molar-refractivity contribution is 14.1. The molecule has 2 aromatic rings. The smallest absolute Gasteiger partial charge is 0.0840 e. The van der Waals surface area contributed by atoms with Crippen LogP contribution < -0.4 is 0 Å². The predicted octanol–water partition coefficient (Wildman–Crippen LogP) is 5.18. The summed E-state index contributed by atoms with van der Waals surface area (Å²) < 4.78 is 1.10. The average molecular weight is 407 g/mol. The van der Waals surface area contributed by atoms with Crippen molar-refractivity contribution in [3.63, 3.8) is 0 Å². The molecule has 1 atom stereocenters. The molecule has 0 amide bonds. The van der Waals surface area contributed by atoms with E-state index >= 15 is 0 Å². The summed E-state index contributed by atoms with van der Waals surface area (Å²) in [6.07, 6.45) is -0.0138. The Balaban J connectivity index is 2.23. The van der Waals surface area contributed by atoms with Crippen molar-refractivity contribution in [2.45, 2.75) is 19.4 Å². The van der Waals surface area contributed by atoms with E-state index in [9.17, 15) is 5.11 Å². The zero-order valence-corrected chi connectivity index (χ0v) is 14.0. The maximum absolute atomic E-state index is 10.4. The van der Waals surface area contributed by atoms with Gasteiger partial charge in [-0.15, -0.1) is 0 Å². The molecule has 0 bridgehead atoms. The first-order chi connectivity index (χ1) is 8.99.